The molecule has 154 valence electrons. The summed E-state index contributed by atoms with van der Waals surface area (Å²) in [6, 6.07) is 12.7. The zero-order chi connectivity index (χ0) is 21.0. The van der Waals surface area contributed by atoms with E-state index < -0.39 is 5.97 Å². The first-order valence-electron chi connectivity index (χ1n) is 9.35. The highest BCUT2D eigenvalue weighted by Gasteiger charge is 2.32. The molecule has 0 atom stereocenters. The third kappa shape index (κ3) is 5.40. The molecule has 0 saturated carbocycles. The van der Waals surface area contributed by atoms with Crippen LogP contribution in [0.15, 0.2) is 42.5 Å². The molecule has 7 nitrogen and oxygen atoms in total. The van der Waals surface area contributed by atoms with Gasteiger partial charge in [0, 0.05) is 25.6 Å². The normalized spacial score (nSPS) is 13.9. The van der Waals surface area contributed by atoms with Crippen LogP contribution >= 0.6 is 0 Å². The highest BCUT2D eigenvalue weighted by Crippen LogP contribution is 2.41. The molecular weight excluding hydrogens is 374 g/mol. The van der Waals surface area contributed by atoms with Crippen molar-refractivity contribution < 1.29 is 28.9 Å². The van der Waals surface area contributed by atoms with E-state index in [9.17, 15) is 9.59 Å². The number of hydrogen-bond acceptors (Lipinski definition) is 5. The highest BCUT2D eigenvalue weighted by atomic mass is 16.5. The van der Waals surface area contributed by atoms with Crippen LogP contribution < -0.4 is 14.2 Å². The number of benzene rings is 2. The molecule has 7 heteroatoms. The molecule has 1 aliphatic heterocycles. The number of ether oxygens (including phenoxy) is 3. The van der Waals surface area contributed by atoms with Crippen LogP contribution in [-0.2, 0) is 22.6 Å². The maximum atomic E-state index is 12.5. The van der Waals surface area contributed by atoms with Crippen molar-refractivity contribution in [3.05, 3.63) is 53.6 Å². The van der Waals surface area contributed by atoms with Gasteiger partial charge in [0.2, 0.25) is 0 Å². The van der Waals surface area contributed by atoms with E-state index >= 15 is 0 Å². The fourth-order valence-corrected chi connectivity index (χ4v) is 3.15. The Morgan fingerprint density at radius 3 is 2.52 bits per heavy atom. The molecule has 1 N–H and O–H groups in total. The first kappa shape index (κ1) is 20.5. The van der Waals surface area contributed by atoms with Crippen molar-refractivity contribution in [1.29, 1.82) is 0 Å². The molecule has 0 bridgehead atoms. The van der Waals surface area contributed by atoms with Crippen molar-refractivity contribution in [3.63, 3.8) is 0 Å². The second kappa shape index (κ2) is 8.43. The van der Waals surface area contributed by atoms with Gasteiger partial charge in [0.15, 0.2) is 24.7 Å². The summed E-state index contributed by atoms with van der Waals surface area (Å²) in [6.45, 7) is 3.97. The number of amides is 1. The van der Waals surface area contributed by atoms with Gasteiger partial charge >= 0.3 is 5.97 Å². The Kier molecular flexibility index (Phi) is 5.96. The molecule has 1 heterocycles. The lowest BCUT2D eigenvalue weighted by Gasteiger charge is -2.20. The molecule has 0 saturated heterocycles. The Labute approximate surface area is 169 Å². The third-order valence-corrected chi connectivity index (χ3v) is 4.54. The summed E-state index contributed by atoms with van der Waals surface area (Å²) in [7, 11) is 1.70. The average molecular weight is 399 g/mol. The maximum absolute atomic E-state index is 12.5. The molecule has 0 fully saturated rings. The second-order valence-electron chi connectivity index (χ2n) is 7.65. The Hall–Kier alpha value is -3.22. The van der Waals surface area contributed by atoms with E-state index in [-0.39, 0.29) is 24.7 Å². The van der Waals surface area contributed by atoms with Crippen molar-refractivity contribution in [3.8, 4) is 17.2 Å². The van der Waals surface area contributed by atoms with Crippen molar-refractivity contribution in [2.45, 2.75) is 32.4 Å². The van der Waals surface area contributed by atoms with Crippen LogP contribution in [0.2, 0.25) is 0 Å². The van der Waals surface area contributed by atoms with E-state index in [2.05, 4.69) is 0 Å². The number of aliphatic carboxylic acids is 1. The summed E-state index contributed by atoms with van der Waals surface area (Å²) in [5.41, 5.74) is 1.70. The lowest BCUT2D eigenvalue weighted by Crippen LogP contribution is -2.31. The van der Waals surface area contributed by atoms with Gasteiger partial charge < -0.3 is 24.2 Å². The van der Waals surface area contributed by atoms with E-state index in [0.717, 1.165) is 17.5 Å². The SMILES string of the molecule is CN(Cc1ccc(OCC(=O)O)cc1)C(=O)COc1cccc2c1OC(C)(C)C2. The number of carboxylic acids is 1. The molecule has 0 unspecified atom stereocenters. The number of likely N-dealkylation sites (N-methyl/N-ethyl adjacent to an activating group) is 1. The van der Waals surface area contributed by atoms with Crippen LogP contribution in [0.4, 0.5) is 0 Å². The molecule has 0 aliphatic carbocycles. The lowest BCUT2D eigenvalue weighted by molar-refractivity contribution is -0.139. The largest absolute Gasteiger partial charge is 0.483 e. The zero-order valence-corrected chi connectivity index (χ0v) is 16.8. The van der Waals surface area contributed by atoms with E-state index in [1.54, 1.807) is 36.2 Å². The van der Waals surface area contributed by atoms with Crippen molar-refractivity contribution >= 4 is 11.9 Å². The molecule has 29 heavy (non-hydrogen) atoms. The summed E-state index contributed by atoms with van der Waals surface area (Å²) in [5.74, 6) is 0.567. The summed E-state index contributed by atoms with van der Waals surface area (Å²) >= 11 is 0. The number of nitrogens with zero attached hydrogens (tertiary/aromatic N) is 1. The minimum absolute atomic E-state index is 0.0868. The van der Waals surface area contributed by atoms with Gasteiger partial charge in [-0.15, -0.1) is 0 Å². The van der Waals surface area contributed by atoms with Gasteiger partial charge in [-0.25, -0.2) is 4.79 Å². The minimum atomic E-state index is -1.03. The smallest absolute Gasteiger partial charge is 0.341 e. The lowest BCUT2D eigenvalue weighted by atomic mass is 10.0. The summed E-state index contributed by atoms with van der Waals surface area (Å²) < 4.78 is 16.8. The van der Waals surface area contributed by atoms with Crippen LogP contribution in [-0.4, -0.2) is 47.7 Å². The number of carbonyl (C=O) groups excluding carboxylic acids is 1. The van der Waals surface area contributed by atoms with E-state index in [1.807, 2.05) is 32.0 Å². The molecule has 1 aliphatic rings. The number of carbonyl (C=O) groups is 2. The molecular formula is C22H25NO6. The highest BCUT2D eigenvalue weighted by molar-refractivity contribution is 5.77. The number of hydrogen-bond donors (Lipinski definition) is 1. The van der Waals surface area contributed by atoms with Gasteiger partial charge in [-0.2, -0.15) is 0 Å². The van der Waals surface area contributed by atoms with Gasteiger partial charge in [0.05, 0.1) is 0 Å². The molecule has 0 aromatic heterocycles. The van der Waals surface area contributed by atoms with Crippen molar-refractivity contribution in [2.24, 2.45) is 0 Å². The Morgan fingerprint density at radius 2 is 1.83 bits per heavy atom. The Bertz CT molecular complexity index is 891. The average Bonchev–Trinajstić information content (AvgIpc) is 2.99. The van der Waals surface area contributed by atoms with Gasteiger partial charge in [0.1, 0.15) is 11.4 Å². The molecule has 3 rings (SSSR count). The van der Waals surface area contributed by atoms with Crippen LogP contribution in [0.25, 0.3) is 0 Å². The first-order valence-corrected chi connectivity index (χ1v) is 9.35. The topological polar surface area (TPSA) is 85.3 Å². The van der Waals surface area contributed by atoms with Gasteiger partial charge in [-0.05, 0) is 37.6 Å². The predicted octanol–water partition coefficient (Wildman–Crippen LogP) is 2.90. The molecule has 2 aromatic rings. The third-order valence-electron chi connectivity index (χ3n) is 4.54. The van der Waals surface area contributed by atoms with E-state index in [0.29, 0.717) is 23.8 Å². The fraction of sp³-hybridized carbons (Fsp3) is 0.364. The van der Waals surface area contributed by atoms with Gasteiger partial charge in [-0.1, -0.05) is 24.3 Å². The van der Waals surface area contributed by atoms with Crippen LogP contribution in [0.1, 0.15) is 25.0 Å². The Balaban J connectivity index is 1.53. The first-order chi connectivity index (χ1) is 13.7. The monoisotopic (exact) mass is 399 g/mol. The number of rotatable bonds is 8. The van der Waals surface area contributed by atoms with Crippen LogP contribution in [0.5, 0.6) is 17.2 Å². The zero-order valence-electron chi connectivity index (χ0n) is 16.8. The fourth-order valence-electron chi connectivity index (χ4n) is 3.15. The number of para-hydroxylation sites is 1. The minimum Gasteiger partial charge on any atom is -0.483 e. The molecule has 2 aromatic carbocycles. The molecule has 0 spiro atoms. The number of fused-ring (bicyclic) bond motifs is 1. The van der Waals surface area contributed by atoms with Crippen LogP contribution in [0, 0.1) is 0 Å². The van der Waals surface area contributed by atoms with E-state index in [1.165, 1.54) is 0 Å². The van der Waals surface area contributed by atoms with E-state index in [4.69, 9.17) is 19.3 Å². The second-order valence-corrected chi connectivity index (χ2v) is 7.65. The van der Waals surface area contributed by atoms with Crippen molar-refractivity contribution in [1.82, 2.24) is 4.90 Å². The molecule has 0 radical (unpaired) electrons. The van der Waals surface area contributed by atoms with Crippen molar-refractivity contribution in [2.75, 3.05) is 20.3 Å². The maximum Gasteiger partial charge on any atom is 0.341 e. The summed E-state index contributed by atoms with van der Waals surface area (Å²) in [4.78, 5) is 24.6. The standard InChI is InChI=1S/C22H25NO6/c1-22(2)11-16-5-4-6-18(21(16)29-22)28-13-19(24)23(3)12-15-7-9-17(10-8-15)27-14-20(25)26/h4-10H,11-14H2,1-3H3,(H,25,26). The van der Waals surface area contributed by atoms with Gasteiger partial charge in [0.25, 0.3) is 5.91 Å². The summed E-state index contributed by atoms with van der Waals surface area (Å²) in [6.07, 6.45) is 0.805. The summed E-state index contributed by atoms with van der Waals surface area (Å²) in [5, 5.41) is 8.63. The number of carboxylic acid groups (broad SMARTS) is 1. The van der Waals surface area contributed by atoms with Gasteiger partial charge in [-0.3, -0.25) is 4.79 Å². The van der Waals surface area contributed by atoms with Crippen LogP contribution in [0.3, 0.4) is 0 Å². The quantitative estimate of drug-likeness (QED) is 0.735. The predicted molar refractivity (Wildman–Crippen MR) is 106 cm³/mol. The molecule has 1 amide bonds. The Morgan fingerprint density at radius 1 is 1.10 bits per heavy atom.